The molecule has 2 aromatic carbocycles. The van der Waals surface area contributed by atoms with Gasteiger partial charge in [-0.1, -0.05) is 65.8 Å². The smallest absolute Gasteiger partial charge is 0.240 e. The Balaban J connectivity index is 1.64. The lowest BCUT2D eigenvalue weighted by Gasteiger charge is -2.30. The molecule has 2 N–H and O–H groups in total. The third-order valence-electron chi connectivity index (χ3n) is 4.62. The summed E-state index contributed by atoms with van der Waals surface area (Å²) in [6, 6.07) is 16.9. The van der Waals surface area contributed by atoms with Crippen molar-refractivity contribution in [2.45, 2.75) is 10.4 Å². The first-order valence-electron chi connectivity index (χ1n) is 9.18. The summed E-state index contributed by atoms with van der Waals surface area (Å²) in [5, 5.41) is 9.00. The van der Waals surface area contributed by atoms with E-state index in [1.165, 1.54) is 16.4 Å². The molecule has 2 heterocycles. The van der Waals surface area contributed by atoms with E-state index in [2.05, 4.69) is 10.2 Å². The van der Waals surface area contributed by atoms with E-state index in [9.17, 15) is 4.79 Å². The zero-order valence-corrected chi connectivity index (χ0v) is 17.1. The van der Waals surface area contributed by atoms with Gasteiger partial charge < -0.3 is 15.5 Å². The van der Waals surface area contributed by atoms with Gasteiger partial charge in [0, 0.05) is 23.7 Å². The Kier molecular flexibility index (Phi) is 6.03. The second-order valence-corrected chi connectivity index (χ2v) is 8.04. The quantitative estimate of drug-likeness (QED) is 0.495. The van der Waals surface area contributed by atoms with Crippen LogP contribution in [-0.2, 0) is 9.53 Å². The van der Waals surface area contributed by atoms with E-state index in [4.69, 9.17) is 22.2 Å². The number of thioether (sulfide) groups is 1. The van der Waals surface area contributed by atoms with E-state index in [-0.39, 0.29) is 5.91 Å². The van der Waals surface area contributed by atoms with Gasteiger partial charge in [-0.05, 0) is 17.7 Å². The Morgan fingerprint density at radius 2 is 1.86 bits per heavy atom. The molecule has 0 spiro atoms. The fourth-order valence-electron chi connectivity index (χ4n) is 3.13. The first-order valence-corrected chi connectivity index (χ1v) is 10.4. The molecule has 0 saturated carbocycles. The first-order chi connectivity index (χ1) is 14.1. The van der Waals surface area contributed by atoms with Crippen molar-refractivity contribution in [1.82, 2.24) is 19.8 Å². The van der Waals surface area contributed by atoms with Gasteiger partial charge in [-0.15, -0.1) is 10.2 Å². The molecule has 4 rings (SSSR count). The third-order valence-corrected chi connectivity index (χ3v) is 6.05. The lowest BCUT2D eigenvalue weighted by molar-refractivity contribution is -0.134. The standard InChI is InChI=1S/C20H20ClN5O2S/c21-16-8-4-7-15(13-16)18-23-24-20(26(18)22)29-17(14-5-2-1-3-6-14)19(27)25-9-11-28-12-10-25/h1-8,13,17H,9-12,22H2/t17-/m1/s1. The molecular formula is C20H20ClN5O2S. The second kappa shape index (κ2) is 8.86. The number of benzene rings is 2. The number of carbonyl (C=O) groups is 1. The molecule has 7 nitrogen and oxygen atoms in total. The van der Waals surface area contributed by atoms with Crippen LogP contribution < -0.4 is 5.84 Å². The van der Waals surface area contributed by atoms with Crippen molar-refractivity contribution >= 4 is 29.3 Å². The molecule has 1 aliphatic rings. The Hall–Kier alpha value is -2.55. The van der Waals surface area contributed by atoms with Crippen LogP contribution in [0.4, 0.5) is 0 Å². The number of nitrogens with zero attached hydrogens (tertiary/aromatic N) is 4. The van der Waals surface area contributed by atoms with Crippen LogP contribution in [0.3, 0.4) is 0 Å². The molecule has 0 radical (unpaired) electrons. The second-order valence-electron chi connectivity index (χ2n) is 6.53. The van der Waals surface area contributed by atoms with Crippen molar-refractivity contribution in [3.05, 3.63) is 65.2 Å². The molecule has 1 fully saturated rings. The minimum atomic E-state index is -0.479. The summed E-state index contributed by atoms with van der Waals surface area (Å²) in [7, 11) is 0. The molecule has 9 heteroatoms. The van der Waals surface area contributed by atoms with E-state index in [0.29, 0.717) is 42.3 Å². The Labute approximate surface area is 177 Å². The molecular weight excluding hydrogens is 410 g/mol. The number of amides is 1. The van der Waals surface area contributed by atoms with E-state index in [1.807, 2.05) is 47.4 Å². The van der Waals surface area contributed by atoms with Gasteiger partial charge in [0.05, 0.1) is 13.2 Å². The monoisotopic (exact) mass is 429 g/mol. The lowest BCUT2D eigenvalue weighted by atomic mass is 10.1. The molecule has 29 heavy (non-hydrogen) atoms. The van der Waals surface area contributed by atoms with Crippen LogP contribution in [0.1, 0.15) is 10.8 Å². The molecule has 150 valence electrons. The maximum absolute atomic E-state index is 13.3. The van der Waals surface area contributed by atoms with Crippen molar-refractivity contribution < 1.29 is 9.53 Å². The molecule has 1 saturated heterocycles. The summed E-state index contributed by atoms with van der Waals surface area (Å²) in [4.78, 5) is 15.1. The number of nitrogens with two attached hydrogens (primary N) is 1. The van der Waals surface area contributed by atoms with Crippen molar-refractivity contribution in [2.24, 2.45) is 0 Å². The molecule has 0 aliphatic carbocycles. The van der Waals surface area contributed by atoms with Crippen LogP contribution in [0.25, 0.3) is 11.4 Å². The lowest BCUT2D eigenvalue weighted by Crippen LogP contribution is -2.42. The summed E-state index contributed by atoms with van der Waals surface area (Å²) in [6.07, 6.45) is 0. The maximum Gasteiger partial charge on any atom is 0.240 e. The maximum atomic E-state index is 13.3. The van der Waals surface area contributed by atoms with Gasteiger partial charge in [0.25, 0.3) is 0 Å². The van der Waals surface area contributed by atoms with E-state index >= 15 is 0 Å². The van der Waals surface area contributed by atoms with Crippen molar-refractivity contribution in [3.63, 3.8) is 0 Å². The molecule has 0 unspecified atom stereocenters. The topological polar surface area (TPSA) is 86.3 Å². The Morgan fingerprint density at radius 1 is 1.10 bits per heavy atom. The van der Waals surface area contributed by atoms with Crippen molar-refractivity contribution in [3.8, 4) is 11.4 Å². The van der Waals surface area contributed by atoms with Crippen molar-refractivity contribution in [2.75, 3.05) is 32.1 Å². The number of rotatable bonds is 5. The van der Waals surface area contributed by atoms with Gasteiger partial charge in [-0.3, -0.25) is 4.79 Å². The summed E-state index contributed by atoms with van der Waals surface area (Å²) in [5.74, 6) is 6.77. The predicted octanol–water partition coefficient (Wildman–Crippen LogP) is 3.00. The number of hydrogen-bond donors (Lipinski definition) is 1. The van der Waals surface area contributed by atoms with Gasteiger partial charge in [0.2, 0.25) is 11.1 Å². The average Bonchev–Trinajstić information content (AvgIpc) is 3.13. The van der Waals surface area contributed by atoms with Crippen LogP contribution in [0.5, 0.6) is 0 Å². The van der Waals surface area contributed by atoms with E-state index < -0.39 is 5.25 Å². The minimum absolute atomic E-state index is 0.0109. The van der Waals surface area contributed by atoms with Gasteiger partial charge in [0.1, 0.15) is 5.25 Å². The van der Waals surface area contributed by atoms with Crippen LogP contribution in [-0.4, -0.2) is 52.0 Å². The SMILES string of the molecule is Nn1c(S[C@@H](C(=O)N2CCOCC2)c2ccccc2)nnc1-c1cccc(Cl)c1. The number of halogens is 1. The van der Waals surface area contributed by atoms with Crippen molar-refractivity contribution in [1.29, 1.82) is 0 Å². The normalized spacial score (nSPS) is 15.3. The van der Waals surface area contributed by atoms with Crippen LogP contribution in [0.2, 0.25) is 5.02 Å². The average molecular weight is 430 g/mol. The van der Waals surface area contributed by atoms with Crippen LogP contribution >= 0.6 is 23.4 Å². The highest BCUT2D eigenvalue weighted by Crippen LogP contribution is 2.36. The number of nitrogen functional groups attached to an aromatic ring is 1. The zero-order valence-electron chi connectivity index (χ0n) is 15.6. The van der Waals surface area contributed by atoms with Gasteiger partial charge >= 0.3 is 0 Å². The number of hydrogen-bond acceptors (Lipinski definition) is 6. The summed E-state index contributed by atoms with van der Waals surface area (Å²) >= 11 is 7.37. The zero-order chi connectivity index (χ0) is 20.2. The molecule has 1 atom stereocenters. The molecule has 1 amide bonds. The summed E-state index contributed by atoms with van der Waals surface area (Å²) in [5.41, 5.74) is 1.65. The predicted molar refractivity (Wildman–Crippen MR) is 113 cm³/mol. The summed E-state index contributed by atoms with van der Waals surface area (Å²) in [6.45, 7) is 2.24. The summed E-state index contributed by atoms with van der Waals surface area (Å²) < 4.78 is 6.78. The highest BCUT2D eigenvalue weighted by atomic mass is 35.5. The van der Waals surface area contributed by atoms with Gasteiger partial charge in [-0.2, -0.15) is 0 Å². The highest BCUT2D eigenvalue weighted by Gasteiger charge is 2.30. The van der Waals surface area contributed by atoms with Crippen LogP contribution in [0.15, 0.2) is 59.8 Å². The number of aromatic nitrogens is 3. The number of morpholine rings is 1. The van der Waals surface area contributed by atoms with Gasteiger partial charge in [0.15, 0.2) is 5.82 Å². The third kappa shape index (κ3) is 4.39. The van der Waals surface area contributed by atoms with E-state index in [0.717, 1.165) is 11.1 Å². The molecule has 1 aliphatic heterocycles. The Bertz CT molecular complexity index is 992. The fraction of sp³-hybridized carbons (Fsp3) is 0.250. The van der Waals surface area contributed by atoms with Crippen LogP contribution in [0, 0.1) is 0 Å². The highest BCUT2D eigenvalue weighted by molar-refractivity contribution is 8.00. The molecule has 3 aromatic rings. The Morgan fingerprint density at radius 3 is 2.59 bits per heavy atom. The van der Waals surface area contributed by atoms with E-state index in [1.54, 1.807) is 12.1 Å². The molecule has 1 aromatic heterocycles. The number of carbonyl (C=O) groups excluding carboxylic acids is 1. The first kappa shape index (κ1) is 19.8. The number of ether oxygens (including phenoxy) is 1. The molecule has 0 bridgehead atoms. The fourth-order valence-corrected chi connectivity index (χ4v) is 4.36. The largest absolute Gasteiger partial charge is 0.378 e. The minimum Gasteiger partial charge on any atom is -0.378 e. The van der Waals surface area contributed by atoms with Gasteiger partial charge in [-0.25, -0.2) is 4.68 Å².